The van der Waals surface area contributed by atoms with Crippen LogP contribution < -0.4 is 4.72 Å². The van der Waals surface area contributed by atoms with E-state index in [0.717, 1.165) is 0 Å². The molecule has 0 unspecified atom stereocenters. The Labute approximate surface area is 123 Å². The number of sulfonamides is 1. The maximum absolute atomic E-state index is 11.9. The highest BCUT2D eigenvalue weighted by Crippen LogP contribution is 2.21. The van der Waals surface area contributed by atoms with E-state index >= 15 is 0 Å². The number of ether oxygens (including phenoxy) is 1. The van der Waals surface area contributed by atoms with E-state index in [1.807, 2.05) is 13.8 Å². The van der Waals surface area contributed by atoms with E-state index in [1.165, 1.54) is 12.3 Å². The molecule has 0 aliphatic heterocycles. The Morgan fingerprint density at radius 3 is 2.68 bits per heavy atom. The topological polar surface area (TPSA) is 68.3 Å². The van der Waals surface area contributed by atoms with Gasteiger partial charge in [-0.15, -0.1) is 0 Å². The molecule has 1 aromatic rings. The molecule has 19 heavy (non-hydrogen) atoms. The number of aromatic nitrogens is 1. The van der Waals surface area contributed by atoms with Crippen molar-refractivity contribution in [2.75, 3.05) is 13.2 Å². The first kappa shape index (κ1) is 16.7. The van der Waals surface area contributed by atoms with Crippen molar-refractivity contribution in [1.29, 1.82) is 0 Å². The van der Waals surface area contributed by atoms with Crippen molar-refractivity contribution in [2.24, 2.45) is 0 Å². The summed E-state index contributed by atoms with van der Waals surface area (Å²) in [5, 5.41) is 0.179. The van der Waals surface area contributed by atoms with Gasteiger partial charge in [0.1, 0.15) is 10.0 Å². The maximum atomic E-state index is 11.9. The molecule has 0 bridgehead atoms. The van der Waals surface area contributed by atoms with Gasteiger partial charge >= 0.3 is 0 Å². The molecule has 1 heterocycles. The van der Waals surface area contributed by atoms with Crippen LogP contribution in [0, 0.1) is 0 Å². The van der Waals surface area contributed by atoms with Crippen LogP contribution in [-0.2, 0) is 14.8 Å². The van der Waals surface area contributed by atoms with Crippen LogP contribution >= 0.6 is 23.2 Å². The van der Waals surface area contributed by atoms with Crippen LogP contribution in [0.25, 0.3) is 0 Å². The summed E-state index contributed by atoms with van der Waals surface area (Å²) in [5.41, 5.74) is 0. The fourth-order valence-electron chi connectivity index (χ4n) is 1.23. The van der Waals surface area contributed by atoms with Crippen LogP contribution in [0.4, 0.5) is 0 Å². The Balaban J connectivity index is 2.54. The molecule has 0 amide bonds. The minimum absolute atomic E-state index is 0.00771. The second-order valence-electron chi connectivity index (χ2n) is 4.11. The van der Waals surface area contributed by atoms with Gasteiger partial charge < -0.3 is 4.74 Å². The normalized spacial score (nSPS) is 12.1. The number of hydrogen-bond donors (Lipinski definition) is 1. The number of halogens is 2. The zero-order chi connectivity index (χ0) is 14.5. The van der Waals surface area contributed by atoms with Gasteiger partial charge in [0.2, 0.25) is 10.0 Å². The second-order valence-corrected chi connectivity index (χ2v) is 6.65. The van der Waals surface area contributed by atoms with Crippen LogP contribution in [0.5, 0.6) is 0 Å². The fourth-order valence-corrected chi connectivity index (χ4v) is 2.61. The summed E-state index contributed by atoms with van der Waals surface area (Å²) in [6.07, 6.45) is 1.89. The van der Waals surface area contributed by atoms with Gasteiger partial charge in [-0.1, -0.05) is 23.2 Å². The van der Waals surface area contributed by atoms with Crippen LogP contribution in [0.2, 0.25) is 10.2 Å². The standard InChI is InChI=1S/C11H16Cl2N2O3S/c1-8(2)18-5-3-4-15-19(16,17)9-6-10(12)11(13)14-7-9/h6-8,15H,3-5H2,1-2H3. The first-order valence-corrected chi connectivity index (χ1v) is 7.99. The first-order valence-electron chi connectivity index (χ1n) is 5.75. The molecule has 0 atom stereocenters. The summed E-state index contributed by atoms with van der Waals surface area (Å²) in [5.74, 6) is 0. The summed E-state index contributed by atoms with van der Waals surface area (Å²) in [6, 6.07) is 1.27. The summed E-state index contributed by atoms with van der Waals surface area (Å²) in [7, 11) is -3.61. The Bertz CT molecular complexity index is 521. The summed E-state index contributed by atoms with van der Waals surface area (Å²) in [6.45, 7) is 4.63. The summed E-state index contributed by atoms with van der Waals surface area (Å²) < 4.78 is 31.6. The minimum Gasteiger partial charge on any atom is -0.379 e. The summed E-state index contributed by atoms with van der Waals surface area (Å²) in [4.78, 5) is 3.69. The molecule has 8 heteroatoms. The average Bonchev–Trinajstić information content (AvgIpc) is 2.31. The number of hydrogen-bond acceptors (Lipinski definition) is 4. The molecule has 0 saturated heterocycles. The zero-order valence-corrected chi connectivity index (χ0v) is 13.0. The van der Waals surface area contributed by atoms with E-state index in [0.29, 0.717) is 13.0 Å². The van der Waals surface area contributed by atoms with E-state index in [1.54, 1.807) is 0 Å². The molecule has 0 aliphatic rings. The van der Waals surface area contributed by atoms with E-state index < -0.39 is 10.0 Å². The van der Waals surface area contributed by atoms with Crippen molar-refractivity contribution in [3.8, 4) is 0 Å². The third-order valence-electron chi connectivity index (χ3n) is 2.15. The van der Waals surface area contributed by atoms with E-state index in [4.69, 9.17) is 27.9 Å². The van der Waals surface area contributed by atoms with Gasteiger partial charge in [-0.3, -0.25) is 0 Å². The van der Waals surface area contributed by atoms with E-state index in [9.17, 15) is 8.42 Å². The first-order chi connectivity index (χ1) is 8.83. The molecular formula is C11H16Cl2N2O3S. The lowest BCUT2D eigenvalue weighted by atomic mass is 10.4. The van der Waals surface area contributed by atoms with Gasteiger partial charge in [-0.25, -0.2) is 18.1 Å². The second kappa shape index (κ2) is 7.40. The van der Waals surface area contributed by atoms with Gasteiger partial charge in [0.25, 0.3) is 0 Å². The molecule has 1 rings (SSSR count). The highest BCUT2D eigenvalue weighted by Gasteiger charge is 2.15. The monoisotopic (exact) mass is 326 g/mol. The molecule has 0 fully saturated rings. The molecule has 108 valence electrons. The van der Waals surface area contributed by atoms with Gasteiger partial charge in [-0.2, -0.15) is 0 Å². The highest BCUT2D eigenvalue weighted by molar-refractivity contribution is 7.89. The van der Waals surface area contributed by atoms with Crippen molar-refractivity contribution in [3.63, 3.8) is 0 Å². The van der Waals surface area contributed by atoms with Crippen molar-refractivity contribution < 1.29 is 13.2 Å². The maximum Gasteiger partial charge on any atom is 0.242 e. The van der Waals surface area contributed by atoms with Crippen LogP contribution in [0.3, 0.4) is 0 Å². The number of nitrogens with one attached hydrogen (secondary N) is 1. The average molecular weight is 327 g/mol. The van der Waals surface area contributed by atoms with Crippen LogP contribution in [-0.4, -0.2) is 32.7 Å². The van der Waals surface area contributed by atoms with Crippen molar-refractivity contribution in [2.45, 2.75) is 31.3 Å². The molecule has 1 N–H and O–H groups in total. The molecule has 0 saturated carbocycles. The fraction of sp³-hybridized carbons (Fsp3) is 0.545. The lowest BCUT2D eigenvalue weighted by Crippen LogP contribution is -2.26. The van der Waals surface area contributed by atoms with Gasteiger partial charge in [0.05, 0.1) is 11.1 Å². The van der Waals surface area contributed by atoms with Gasteiger partial charge in [0, 0.05) is 19.3 Å². The molecule has 1 aromatic heterocycles. The lowest BCUT2D eigenvalue weighted by molar-refractivity contribution is 0.0778. The van der Waals surface area contributed by atoms with Crippen molar-refractivity contribution in [1.82, 2.24) is 9.71 Å². The Morgan fingerprint density at radius 1 is 1.42 bits per heavy atom. The molecule has 5 nitrogen and oxygen atoms in total. The minimum atomic E-state index is -3.61. The third kappa shape index (κ3) is 5.62. The molecule has 0 spiro atoms. The third-order valence-corrected chi connectivity index (χ3v) is 4.26. The van der Waals surface area contributed by atoms with E-state index in [2.05, 4.69) is 9.71 Å². The van der Waals surface area contributed by atoms with Crippen LogP contribution in [0.15, 0.2) is 17.2 Å². The van der Waals surface area contributed by atoms with E-state index in [-0.39, 0.29) is 27.7 Å². The largest absolute Gasteiger partial charge is 0.379 e. The van der Waals surface area contributed by atoms with Gasteiger partial charge in [0.15, 0.2) is 0 Å². The smallest absolute Gasteiger partial charge is 0.242 e. The highest BCUT2D eigenvalue weighted by atomic mass is 35.5. The Hall–Kier alpha value is -0.400. The molecule has 0 aromatic carbocycles. The lowest BCUT2D eigenvalue weighted by Gasteiger charge is -2.09. The summed E-state index contributed by atoms with van der Waals surface area (Å²) >= 11 is 11.4. The molecule has 0 radical (unpaired) electrons. The van der Waals surface area contributed by atoms with Gasteiger partial charge in [-0.05, 0) is 26.3 Å². The molecular weight excluding hydrogens is 311 g/mol. The predicted octanol–water partition coefficient (Wildman–Crippen LogP) is 2.48. The SMILES string of the molecule is CC(C)OCCCNS(=O)(=O)c1cnc(Cl)c(Cl)c1. The zero-order valence-electron chi connectivity index (χ0n) is 10.7. The number of rotatable bonds is 7. The van der Waals surface area contributed by atoms with Crippen molar-refractivity contribution >= 4 is 33.2 Å². The number of nitrogens with zero attached hydrogens (tertiary/aromatic N) is 1. The predicted molar refractivity (Wildman–Crippen MR) is 75.2 cm³/mol. The molecule has 0 aliphatic carbocycles. The quantitative estimate of drug-likeness (QED) is 0.617. The van der Waals surface area contributed by atoms with Crippen LogP contribution in [0.1, 0.15) is 20.3 Å². The van der Waals surface area contributed by atoms with Crippen molar-refractivity contribution in [3.05, 3.63) is 22.4 Å². The Kier molecular flexibility index (Phi) is 6.49. The Morgan fingerprint density at radius 2 is 2.11 bits per heavy atom. The number of pyridine rings is 1.